The first kappa shape index (κ1) is 19.1. The fourth-order valence-electron chi connectivity index (χ4n) is 2.87. The summed E-state index contributed by atoms with van der Waals surface area (Å²) in [5, 5.41) is 8.86. The van der Waals surface area contributed by atoms with Gasteiger partial charge in [-0.1, -0.05) is 35.8 Å². The Morgan fingerprint density at radius 2 is 1.85 bits per heavy atom. The van der Waals surface area contributed by atoms with Crippen molar-refractivity contribution in [1.29, 1.82) is 0 Å². The van der Waals surface area contributed by atoms with E-state index in [-0.39, 0.29) is 5.91 Å². The third-order valence-electron chi connectivity index (χ3n) is 4.21. The number of nitrogens with one attached hydrogen (secondary N) is 3. The number of halogens is 2. The topological polar surface area (TPSA) is 79.5 Å². The first-order valence-electron chi connectivity index (χ1n) is 8.05. The number of urea groups is 1. The minimum absolute atomic E-state index is 0.292. The first-order valence-corrected chi connectivity index (χ1v) is 8.81. The van der Waals surface area contributed by atoms with Crippen LogP contribution in [0.15, 0.2) is 54.7 Å². The summed E-state index contributed by atoms with van der Waals surface area (Å²) < 4.78 is 5.11. The molecule has 140 valence electrons. The lowest BCUT2D eigenvalue weighted by Gasteiger charge is -2.34. The van der Waals surface area contributed by atoms with E-state index in [1.807, 2.05) is 0 Å². The van der Waals surface area contributed by atoms with Crippen molar-refractivity contribution in [2.24, 2.45) is 5.92 Å². The molecule has 0 aromatic heterocycles. The van der Waals surface area contributed by atoms with Gasteiger partial charge in [-0.3, -0.25) is 4.79 Å². The van der Waals surface area contributed by atoms with Crippen LogP contribution in [0.4, 0.5) is 10.5 Å². The maximum Gasteiger partial charge on any atom is 0.319 e. The Morgan fingerprint density at radius 1 is 1.15 bits per heavy atom. The molecule has 1 heterocycles. The normalized spacial score (nSPS) is 19.1. The van der Waals surface area contributed by atoms with Crippen molar-refractivity contribution >= 4 is 40.8 Å². The van der Waals surface area contributed by atoms with E-state index in [1.165, 1.54) is 0 Å². The van der Waals surface area contributed by atoms with Crippen LogP contribution in [0, 0.1) is 5.92 Å². The van der Waals surface area contributed by atoms with Gasteiger partial charge in [-0.2, -0.15) is 0 Å². The highest BCUT2D eigenvalue weighted by Crippen LogP contribution is 2.33. The Bertz CT molecular complexity index is 900. The van der Waals surface area contributed by atoms with Crippen LogP contribution in [-0.2, 0) is 4.79 Å². The average Bonchev–Trinajstić information content (AvgIpc) is 2.63. The minimum atomic E-state index is -0.748. The van der Waals surface area contributed by atoms with Crippen molar-refractivity contribution in [1.82, 2.24) is 10.6 Å². The quantitative estimate of drug-likeness (QED) is 0.715. The fraction of sp³-hybridized carbons (Fsp3) is 0.158. The number of rotatable bonds is 4. The van der Waals surface area contributed by atoms with Gasteiger partial charge in [0.25, 0.3) is 0 Å². The van der Waals surface area contributed by atoms with Gasteiger partial charge in [-0.05, 0) is 42.0 Å². The van der Waals surface area contributed by atoms with Crippen LogP contribution in [0.5, 0.6) is 5.75 Å². The van der Waals surface area contributed by atoms with Crippen LogP contribution >= 0.6 is 23.2 Å². The molecule has 27 heavy (non-hydrogen) atoms. The van der Waals surface area contributed by atoms with Crippen molar-refractivity contribution in [3.63, 3.8) is 0 Å². The molecule has 2 atom stereocenters. The predicted octanol–water partition coefficient (Wildman–Crippen LogP) is 4.12. The molecule has 1 aliphatic heterocycles. The first-order chi connectivity index (χ1) is 12.9. The molecular formula is C19H17Cl2N3O3. The third kappa shape index (κ3) is 4.18. The smallest absolute Gasteiger partial charge is 0.319 e. The number of hydrogen-bond acceptors (Lipinski definition) is 3. The van der Waals surface area contributed by atoms with E-state index in [4.69, 9.17) is 27.9 Å². The average molecular weight is 406 g/mol. The number of amides is 3. The standard InChI is InChI=1S/C19H17Cl2N3O3/c1-10-16(18(25)23-12-4-6-13(27-2)7-5-12)17(24-19(26)22-10)11-3-8-14(20)15(21)9-11/h3-9,16-17H,1H2,2H3,(H,23,25)(H2,22,24,26)/t16-,17-/m0/s1. The molecule has 1 saturated heterocycles. The minimum Gasteiger partial charge on any atom is -0.497 e. The molecule has 0 saturated carbocycles. The molecule has 0 spiro atoms. The van der Waals surface area contributed by atoms with Gasteiger partial charge in [0.1, 0.15) is 11.7 Å². The van der Waals surface area contributed by atoms with Gasteiger partial charge in [0.2, 0.25) is 5.91 Å². The van der Waals surface area contributed by atoms with Gasteiger partial charge < -0.3 is 20.7 Å². The maximum atomic E-state index is 12.9. The Kier molecular flexibility index (Phi) is 5.58. The zero-order valence-electron chi connectivity index (χ0n) is 14.4. The SMILES string of the molecule is C=C1NC(=O)N[C@@H](c2ccc(Cl)c(Cl)c2)[C@H]1C(=O)Nc1ccc(OC)cc1. The summed E-state index contributed by atoms with van der Waals surface area (Å²) in [4.78, 5) is 24.8. The van der Waals surface area contributed by atoms with E-state index in [9.17, 15) is 9.59 Å². The third-order valence-corrected chi connectivity index (χ3v) is 4.95. The second-order valence-electron chi connectivity index (χ2n) is 5.97. The lowest BCUT2D eigenvalue weighted by Crippen LogP contribution is -2.51. The summed E-state index contributed by atoms with van der Waals surface area (Å²) >= 11 is 12.1. The van der Waals surface area contributed by atoms with Crippen LogP contribution in [0.1, 0.15) is 11.6 Å². The fourth-order valence-corrected chi connectivity index (χ4v) is 3.18. The van der Waals surface area contributed by atoms with Crippen molar-refractivity contribution in [3.05, 3.63) is 70.3 Å². The molecular weight excluding hydrogens is 389 g/mol. The Balaban J connectivity index is 1.88. The van der Waals surface area contributed by atoms with E-state index in [2.05, 4.69) is 22.5 Å². The van der Waals surface area contributed by atoms with Gasteiger partial charge in [0.15, 0.2) is 0 Å². The molecule has 3 amide bonds. The lowest BCUT2D eigenvalue weighted by atomic mass is 9.88. The highest BCUT2D eigenvalue weighted by Gasteiger charge is 2.38. The molecule has 0 bridgehead atoms. The maximum absolute atomic E-state index is 12.9. The van der Waals surface area contributed by atoms with Gasteiger partial charge in [0.05, 0.1) is 23.2 Å². The number of methoxy groups -OCH3 is 1. The molecule has 0 aliphatic carbocycles. The summed E-state index contributed by atoms with van der Waals surface area (Å²) in [5.41, 5.74) is 1.54. The lowest BCUT2D eigenvalue weighted by molar-refractivity contribution is -0.119. The van der Waals surface area contributed by atoms with Crippen LogP contribution in [0.2, 0.25) is 10.0 Å². The molecule has 3 N–H and O–H groups in total. The second kappa shape index (κ2) is 7.90. The molecule has 2 aromatic carbocycles. The molecule has 2 aromatic rings. The van der Waals surface area contributed by atoms with Gasteiger partial charge in [-0.25, -0.2) is 4.79 Å². The zero-order valence-corrected chi connectivity index (χ0v) is 15.9. The number of carbonyl (C=O) groups is 2. The van der Waals surface area contributed by atoms with E-state index in [0.29, 0.717) is 32.7 Å². The van der Waals surface area contributed by atoms with Gasteiger partial charge >= 0.3 is 6.03 Å². The summed E-state index contributed by atoms with van der Waals surface area (Å²) in [5.74, 6) is -0.395. The van der Waals surface area contributed by atoms with Crippen LogP contribution in [0.3, 0.4) is 0 Å². The monoisotopic (exact) mass is 405 g/mol. The molecule has 8 heteroatoms. The van der Waals surface area contributed by atoms with Crippen molar-refractivity contribution in [2.75, 3.05) is 12.4 Å². The number of ether oxygens (including phenoxy) is 1. The van der Waals surface area contributed by atoms with Crippen LogP contribution < -0.4 is 20.7 Å². The van der Waals surface area contributed by atoms with Gasteiger partial charge in [0, 0.05) is 11.4 Å². The summed E-state index contributed by atoms with van der Waals surface area (Å²) in [6.45, 7) is 3.84. The number of anilines is 1. The van der Waals surface area contributed by atoms with Crippen molar-refractivity contribution in [3.8, 4) is 5.75 Å². The number of carbonyl (C=O) groups excluding carboxylic acids is 2. The molecule has 3 rings (SSSR count). The Hall–Kier alpha value is -2.70. The van der Waals surface area contributed by atoms with Crippen molar-refractivity contribution in [2.45, 2.75) is 6.04 Å². The number of benzene rings is 2. The molecule has 6 nitrogen and oxygen atoms in total. The summed E-state index contributed by atoms with van der Waals surface area (Å²) in [6, 6.07) is 10.8. The second-order valence-corrected chi connectivity index (χ2v) is 6.78. The van der Waals surface area contributed by atoms with Gasteiger partial charge in [-0.15, -0.1) is 0 Å². The molecule has 0 radical (unpaired) electrons. The highest BCUT2D eigenvalue weighted by molar-refractivity contribution is 6.42. The Labute approximate surface area is 166 Å². The molecule has 0 unspecified atom stereocenters. The zero-order chi connectivity index (χ0) is 19.6. The summed E-state index contributed by atoms with van der Waals surface area (Å²) in [7, 11) is 1.57. The highest BCUT2D eigenvalue weighted by atomic mass is 35.5. The summed E-state index contributed by atoms with van der Waals surface area (Å²) in [6.07, 6.45) is 0. The number of hydrogen-bond donors (Lipinski definition) is 3. The molecule has 1 aliphatic rings. The predicted molar refractivity (Wildman–Crippen MR) is 105 cm³/mol. The van der Waals surface area contributed by atoms with Crippen molar-refractivity contribution < 1.29 is 14.3 Å². The Morgan fingerprint density at radius 3 is 2.48 bits per heavy atom. The van der Waals surface area contributed by atoms with E-state index in [0.717, 1.165) is 0 Å². The largest absolute Gasteiger partial charge is 0.497 e. The molecule has 1 fully saturated rings. The van der Waals surface area contributed by atoms with E-state index < -0.39 is 18.0 Å². The van der Waals surface area contributed by atoms with Crippen LogP contribution in [0.25, 0.3) is 0 Å². The van der Waals surface area contributed by atoms with Crippen LogP contribution in [-0.4, -0.2) is 19.0 Å². The van der Waals surface area contributed by atoms with E-state index in [1.54, 1.807) is 49.6 Å². The van der Waals surface area contributed by atoms with E-state index >= 15 is 0 Å².